The summed E-state index contributed by atoms with van der Waals surface area (Å²) >= 11 is 0. The van der Waals surface area contributed by atoms with Crippen molar-refractivity contribution in [2.75, 3.05) is 5.32 Å². The van der Waals surface area contributed by atoms with E-state index >= 15 is 0 Å². The fraction of sp³-hybridized carbons (Fsp3) is 0.316. The zero-order valence-electron chi connectivity index (χ0n) is 13.6. The number of benzene rings is 2. The standard InChI is InChI=1S/C19H23NO2/c1-5-18(22-17-10-6-13(2)7-11-17)19(21)20-16-9-8-14(3)15(4)12-16/h6-12,18H,5H2,1-4H3,(H,20,21)/t18-/m0/s1. The molecule has 0 radical (unpaired) electrons. The van der Waals surface area contributed by atoms with Crippen LogP contribution in [0.2, 0.25) is 0 Å². The van der Waals surface area contributed by atoms with E-state index < -0.39 is 6.10 Å². The molecular weight excluding hydrogens is 274 g/mol. The number of anilines is 1. The quantitative estimate of drug-likeness (QED) is 0.888. The molecule has 116 valence electrons. The van der Waals surface area contributed by atoms with Crippen LogP contribution >= 0.6 is 0 Å². The lowest BCUT2D eigenvalue weighted by Crippen LogP contribution is -2.32. The molecule has 0 fully saturated rings. The van der Waals surface area contributed by atoms with Crippen LogP contribution in [0.4, 0.5) is 5.69 Å². The Morgan fingerprint density at radius 2 is 1.73 bits per heavy atom. The minimum Gasteiger partial charge on any atom is -0.481 e. The number of rotatable bonds is 5. The Morgan fingerprint density at radius 3 is 2.32 bits per heavy atom. The molecule has 0 aliphatic rings. The molecule has 1 atom stereocenters. The second-order valence-corrected chi connectivity index (χ2v) is 5.62. The van der Waals surface area contributed by atoms with Crippen LogP contribution in [0.15, 0.2) is 42.5 Å². The van der Waals surface area contributed by atoms with Crippen molar-refractivity contribution in [1.29, 1.82) is 0 Å². The summed E-state index contributed by atoms with van der Waals surface area (Å²) in [6.45, 7) is 8.05. The maximum atomic E-state index is 12.4. The minimum atomic E-state index is -0.496. The van der Waals surface area contributed by atoms with Crippen LogP contribution in [0.5, 0.6) is 5.75 Å². The number of hydrogen-bond acceptors (Lipinski definition) is 2. The average Bonchev–Trinajstić information content (AvgIpc) is 2.50. The second-order valence-electron chi connectivity index (χ2n) is 5.62. The van der Waals surface area contributed by atoms with Crippen LogP contribution in [-0.2, 0) is 4.79 Å². The number of ether oxygens (including phenoxy) is 1. The minimum absolute atomic E-state index is 0.119. The van der Waals surface area contributed by atoms with Crippen molar-refractivity contribution in [1.82, 2.24) is 0 Å². The lowest BCUT2D eigenvalue weighted by atomic mass is 10.1. The third kappa shape index (κ3) is 4.10. The van der Waals surface area contributed by atoms with E-state index in [0.29, 0.717) is 12.2 Å². The highest BCUT2D eigenvalue weighted by Gasteiger charge is 2.18. The average molecular weight is 297 g/mol. The van der Waals surface area contributed by atoms with E-state index in [1.54, 1.807) is 0 Å². The molecule has 0 saturated carbocycles. The zero-order chi connectivity index (χ0) is 16.1. The molecule has 0 heterocycles. The van der Waals surface area contributed by atoms with Gasteiger partial charge in [-0.25, -0.2) is 0 Å². The Hall–Kier alpha value is -2.29. The molecule has 0 bridgehead atoms. The monoisotopic (exact) mass is 297 g/mol. The first kappa shape index (κ1) is 16.1. The van der Waals surface area contributed by atoms with Gasteiger partial charge in [0.25, 0.3) is 5.91 Å². The highest BCUT2D eigenvalue weighted by Crippen LogP contribution is 2.17. The van der Waals surface area contributed by atoms with Crippen molar-refractivity contribution >= 4 is 11.6 Å². The summed E-state index contributed by atoms with van der Waals surface area (Å²) < 4.78 is 5.79. The topological polar surface area (TPSA) is 38.3 Å². The predicted molar refractivity (Wildman–Crippen MR) is 90.4 cm³/mol. The van der Waals surface area contributed by atoms with Gasteiger partial charge >= 0.3 is 0 Å². The van der Waals surface area contributed by atoms with Gasteiger partial charge in [-0.15, -0.1) is 0 Å². The first-order valence-corrected chi connectivity index (χ1v) is 7.61. The normalized spacial score (nSPS) is 11.8. The number of nitrogens with one attached hydrogen (secondary N) is 1. The van der Waals surface area contributed by atoms with Gasteiger partial charge in [-0.2, -0.15) is 0 Å². The predicted octanol–water partition coefficient (Wildman–Crippen LogP) is 4.41. The van der Waals surface area contributed by atoms with E-state index in [4.69, 9.17) is 4.74 Å². The van der Waals surface area contributed by atoms with Crippen molar-refractivity contribution in [2.24, 2.45) is 0 Å². The Kier molecular flexibility index (Phi) is 5.21. The fourth-order valence-corrected chi connectivity index (χ4v) is 2.15. The molecule has 0 saturated heterocycles. The Balaban J connectivity index is 2.04. The smallest absolute Gasteiger partial charge is 0.265 e. The molecule has 0 aromatic heterocycles. The van der Waals surface area contributed by atoms with Crippen LogP contribution in [0, 0.1) is 20.8 Å². The number of carbonyl (C=O) groups is 1. The number of amides is 1. The van der Waals surface area contributed by atoms with Crippen LogP contribution in [0.1, 0.15) is 30.0 Å². The van der Waals surface area contributed by atoms with E-state index in [2.05, 4.69) is 12.2 Å². The number of carbonyl (C=O) groups excluding carboxylic acids is 1. The van der Waals surface area contributed by atoms with Crippen molar-refractivity contribution in [3.8, 4) is 5.75 Å². The molecule has 0 aliphatic carbocycles. The van der Waals surface area contributed by atoms with Crippen LogP contribution < -0.4 is 10.1 Å². The SMILES string of the molecule is CC[C@H](Oc1ccc(C)cc1)C(=O)Nc1ccc(C)c(C)c1. The van der Waals surface area contributed by atoms with Gasteiger partial charge in [0.1, 0.15) is 5.75 Å². The summed E-state index contributed by atoms with van der Waals surface area (Å²) in [5.74, 6) is 0.596. The van der Waals surface area contributed by atoms with Crippen LogP contribution in [0.25, 0.3) is 0 Å². The largest absolute Gasteiger partial charge is 0.481 e. The Bertz CT molecular complexity index is 647. The molecular formula is C19H23NO2. The molecule has 2 aromatic rings. The summed E-state index contributed by atoms with van der Waals surface area (Å²) in [4.78, 5) is 12.4. The molecule has 0 aliphatic heterocycles. The summed E-state index contributed by atoms with van der Waals surface area (Å²) in [6.07, 6.45) is 0.120. The van der Waals surface area contributed by atoms with Crippen LogP contribution in [-0.4, -0.2) is 12.0 Å². The van der Waals surface area contributed by atoms with Gasteiger partial charge in [0.15, 0.2) is 6.10 Å². The van der Waals surface area contributed by atoms with Gasteiger partial charge in [0.05, 0.1) is 0 Å². The molecule has 3 heteroatoms. The molecule has 0 spiro atoms. The van der Waals surface area contributed by atoms with E-state index in [1.165, 1.54) is 11.1 Å². The maximum Gasteiger partial charge on any atom is 0.265 e. The van der Waals surface area contributed by atoms with Gasteiger partial charge in [0.2, 0.25) is 0 Å². The summed E-state index contributed by atoms with van der Waals surface area (Å²) in [6, 6.07) is 13.6. The molecule has 1 N–H and O–H groups in total. The third-order valence-corrected chi connectivity index (χ3v) is 3.74. The zero-order valence-corrected chi connectivity index (χ0v) is 13.6. The van der Waals surface area contributed by atoms with Gasteiger partial charge < -0.3 is 10.1 Å². The molecule has 1 amide bonds. The van der Waals surface area contributed by atoms with E-state index in [9.17, 15) is 4.79 Å². The maximum absolute atomic E-state index is 12.4. The van der Waals surface area contributed by atoms with E-state index in [1.807, 2.05) is 63.2 Å². The first-order chi connectivity index (χ1) is 10.5. The van der Waals surface area contributed by atoms with Gasteiger partial charge in [-0.1, -0.05) is 30.7 Å². The Labute approximate surface area is 132 Å². The summed E-state index contributed by atoms with van der Waals surface area (Å²) in [7, 11) is 0. The lowest BCUT2D eigenvalue weighted by molar-refractivity contribution is -0.122. The van der Waals surface area contributed by atoms with Crippen molar-refractivity contribution < 1.29 is 9.53 Å². The number of hydrogen-bond donors (Lipinski definition) is 1. The van der Waals surface area contributed by atoms with E-state index in [-0.39, 0.29) is 5.91 Å². The summed E-state index contributed by atoms with van der Waals surface area (Å²) in [5.41, 5.74) is 4.34. The highest BCUT2D eigenvalue weighted by atomic mass is 16.5. The fourth-order valence-electron chi connectivity index (χ4n) is 2.15. The van der Waals surface area contributed by atoms with Crippen molar-refractivity contribution in [2.45, 2.75) is 40.2 Å². The van der Waals surface area contributed by atoms with Crippen molar-refractivity contribution in [3.05, 3.63) is 59.2 Å². The highest BCUT2D eigenvalue weighted by molar-refractivity contribution is 5.94. The molecule has 0 unspecified atom stereocenters. The molecule has 2 aromatic carbocycles. The van der Waals surface area contributed by atoms with Gasteiger partial charge in [0, 0.05) is 5.69 Å². The third-order valence-electron chi connectivity index (χ3n) is 3.74. The van der Waals surface area contributed by atoms with Gasteiger partial charge in [-0.3, -0.25) is 4.79 Å². The number of aryl methyl sites for hydroxylation is 3. The summed E-state index contributed by atoms with van der Waals surface area (Å²) in [5, 5.41) is 2.93. The Morgan fingerprint density at radius 1 is 1.05 bits per heavy atom. The molecule has 3 nitrogen and oxygen atoms in total. The lowest BCUT2D eigenvalue weighted by Gasteiger charge is -2.18. The van der Waals surface area contributed by atoms with E-state index in [0.717, 1.165) is 11.3 Å². The molecule has 2 rings (SSSR count). The molecule has 22 heavy (non-hydrogen) atoms. The first-order valence-electron chi connectivity index (χ1n) is 7.61. The van der Waals surface area contributed by atoms with Crippen LogP contribution in [0.3, 0.4) is 0 Å². The van der Waals surface area contributed by atoms with Crippen molar-refractivity contribution in [3.63, 3.8) is 0 Å². The van der Waals surface area contributed by atoms with Gasteiger partial charge in [-0.05, 0) is 62.6 Å². The second kappa shape index (κ2) is 7.12.